The van der Waals surface area contributed by atoms with Crippen LogP contribution in [-0.4, -0.2) is 19.5 Å². The van der Waals surface area contributed by atoms with Crippen molar-refractivity contribution < 1.29 is 5.11 Å². The van der Waals surface area contributed by atoms with E-state index in [0.717, 1.165) is 16.9 Å². The number of aromatic hydroxyl groups is 1. The number of fused-ring (bicyclic) bond motifs is 1. The third kappa shape index (κ3) is 1.32. The van der Waals surface area contributed by atoms with Crippen LogP contribution in [-0.2, 0) is 0 Å². The van der Waals surface area contributed by atoms with Gasteiger partial charge in [-0.15, -0.1) is 0 Å². The van der Waals surface area contributed by atoms with E-state index in [9.17, 15) is 5.11 Å². The van der Waals surface area contributed by atoms with Crippen molar-refractivity contribution >= 4 is 5.52 Å². The van der Waals surface area contributed by atoms with Crippen LogP contribution in [0.15, 0.2) is 49.1 Å². The van der Waals surface area contributed by atoms with Crippen LogP contribution in [0, 0.1) is 0 Å². The standard InChI is InChI=1S/C12H9N3O/c16-11-4-3-10-7-14-12(15(10)8-11)9-2-1-5-13-6-9/h1-8,16H. The van der Waals surface area contributed by atoms with Crippen molar-refractivity contribution in [3.63, 3.8) is 0 Å². The molecule has 0 aromatic carbocycles. The van der Waals surface area contributed by atoms with E-state index >= 15 is 0 Å². The lowest BCUT2D eigenvalue weighted by Gasteiger charge is -2.01. The van der Waals surface area contributed by atoms with Gasteiger partial charge in [-0.2, -0.15) is 0 Å². The molecule has 0 aliphatic heterocycles. The van der Waals surface area contributed by atoms with Crippen molar-refractivity contribution in [2.24, 2.45) is 0 Å². The van der Waals surface area contributed by atoms with Crippen molar-refractivity contribution in [3.8, 4) is 17.1 Å². The molecule has 0 atom stereocenters. The van der Waals surface area contributed by atoms with Crippen LogP contribution >= 0.6 is 0 Å². The summed E-state index contributed by atoms with van der Waals surface area (Å²) >= 11 is 0. The summed E-state index contributed by atoms with van der Waals surface area (Å²) in [5.74, 6) is 0.995. The molecule has 0 bridgehead atoms. The Labute approximate surface area is 91.8 Å². The number of hydrogen-bond donors (Lipinski definition) is 1. The Morgan fingerprint density at radius 1 is 1.12 bits per heavy atom. The molecule has 3 aromatic heterocycles. The maximum Gasteiger partial charge on any atom is 0.146 e. The fourth-order valence-electron chi connectivity index (χ4n) is 1.69. The fourth-order valence-corrected chi connectivity index (χ4v) is 1.69. The molecule has 4 heteroatoms. The molecule has 16 heavy (non-hydrogen) atoms. The molecule has 3 heterocycles. The number of rotatable bonds is 1. The van der Waals surface area contributed by atoms with Gasteiger partial charge in [0.15, 0.2) is 0 Å². The van der Waals surface area contributed by atoms with Crippen molar-refractivity contribution in [1.82, 2.24) is 14.4 Å². The monoisotopic (exact) mass is 211 g/mol. The fraction of sp³-hybridized carbons (Fsp3) is 0. The average Bonchev–Trinajstić information content (AvgIpc) is 2.73. The van der Waals surface area contributed by atoms with Gasteiger partial charge in [-0.3, -0.25) is 9.38 Å². The van der Waals surface area contributed by atoms with Crippen molar-refractivity contribution in [1.29, 1.82) is 0 Å². The van der Waals surface area contributed by atoms with Crippen LogP contribution in [0.3, 0.4) is 0 Å². The highest BCUT2D eigenvalue weighted by molar-refractivity contribution is 5.61. The number of hydrogen-bond acceptors (Lipinski definition) is 3. The smallest absolute Gasteiger partial charge is 0.146 e. The van der Waals surface area contributed by atoms with Crippen LogP contribution in [0.2, 0.25) is 0 Å². The van der Waals surface area contributed by atoms with Crippen LogP contribution in [0.5, 0.6) is 5.75 Å². The van der Waals surface area contributed by atoms with Gasteiger partial charge >= 0.3 is 0 Å². The molecule has 0 fully saturated rings. The number of imidazole rings is 1. The van der Waals surface area contributed by atoms with Gasteiger partial charge in [0.05, 0.1) is 17.9 Å². The molecule has 0 saturated heterocycles. The normalized spacial score (nSPS) is 10.8. The molecule has 0 spiro atoms. The van der Waals surface area contributed by atoms with Crippen molar-refractivity contribution in [2.75, 3.05) is 0 Å². The zero-order valence-electron chi connectivity index (χ0n) is 8.41. The van der Waals surface area contributed by atoms with Crippen LogP contribution in [0.1, 0.15) is 0 Å². The molecule has 78 valence electrons. The Morgan fingerprint density at radius 3 is 2.88 bits per heavy atom. The van der Waals surface area contributed by atoms with E-state index in [4.69, 9.17) is 0 Å². The highest BCUT2D eigenvalue weighted by Gasteiger charge is 2.06. The molecule has 3 aromatic rings. The third-order valence-electron chi connectivity index (χ3n) is 2.43. The highest BCUT2D eigenvalue weighted by atomic mass is 16.3. The molecule has 4 nitrogen and oxygen atoms in total. The third-order valence-corrected chi connectivity index (χ3v) is 2.43. The Balaban J connectivity index is 2.29. The molecule has 0 amide bonds. The molecular weight excluding hydrogens is 202 g/mol. The van der Waals surface area contributed by atoms with E-state index in [1.165, 1.54) is 0 Å². The quantitative estimate of drug-likeness (QED) is 0.670. The predicted octanol–water partition coefficient (Wildman–Crippen LogP) is 2.10. The molecule has 0 aliphatic rings. The van der Waals surface area contributed by atoms with Gasteiger partial charge in [0.25, 0.3) is 0 Å². The summed E-state index contributed by atoms with van der Waals surface area (Å²) in [4.78, 5) is 8.37. The number of nitrogens with zero attached hydrogens (tertiary/aromatic N) is 3. The van der Waals surface area contributed by atoms with Crippen LogP contribution in [0.4, 0.5) is 0 Å². The first kappa shape index (κ1) is 8.91. The Morgan fingerprint density at radius 2 is 2.06 bits per heavy atom. The Bertz CT molecular complexity index is 631. The molecule has 0 aliphatic carbocycles. The van der Waals surface area contributed by atoms with E-state index in [1.807, 2.05) is 22.6 Å². The summed E-state index contributed by atoms with van der Waals surface area (Å²) in [5, 5.41) is 9.46. The highest BCUT2D eigenvalue weighted by Crippen LogP contribution is 2.20. The maximum absolute atomic E-state index is 9.46. The lowest BCUT2D eigenvalue weighted by atomic mass is 10.3. The second-order valence-corrected chi connectivity index (χ2v) is 3.51. The topological polar surface area (TPSA) is 50.4 Å². The largest absolute Gasteiger partial charge is 0.506 e. The minimum atomic E-state index is 0.218. The summed E-state index contributed by atoms with van der Waals surface area (Å²) in [6.45, 7) is 0. The predicted molar refractivity (Wildman–Crippen MR) is 60.1 cm³/mol. The first-order valence-electron chi connectivity index (χ1n) is 4.91. The summed E-state index contributed by atoms with van der Waals surface area (Å²) in [5.41, 5.74) is 1.87. The number of aromatic nitrogens is 3. The summed E-state index contributed by atoms with van der Waals surface area (Å²) in [7, 11) is 0. The second kappa shape index (κ2) is 3.34. The van der Waals surface area contributed by atoms with Crippen molar-refractivity contribution in [2.45, 2.75) is 0 Å². The first-order valence-corrected chi connectivity index (χ1v) is 4.91. The minimum absolute atomic E-state index is 0.218. The van der Waals surface area contributed by atoms with Gasteiger partial charge in [0.2, 0.25) is 0 Å². The lowest BCUT2D eigenvalue weighted by molar-refractivity contribution is 0.472. The van der Waals surface area contributed by atoms with Gasteiger partial charge in [0.1, 0.15) is 11.6 Å². The Kier molecular flexibility index (Phi) is 1.86. The molecule has 0 saturated carbocycles. The number of pyridine rings is 2. The molecule has 1 N–H and O–H groups in total. The van der Waals surface area contributed by atoms with E-state index in [1.54, 1.807) is 30.9 Å². The van der Waals surface area contributed by atoms with Crippen LogP contribution < -0.4 is 0 Å². The van der Waals surface area contributed by atoms with E-state index in [-0.39, 0.29) is 5.75 Å². The van der Waals surface area contributed by atoms with E-state index in [0.29, 0.717) is 0 Å². The van der Waals surface area contributed by atoms with Gasteiger partial charge in [-0.25, -0.2) is 4.98 Å². The van der Waals surface area contributed by atoms with Crippen LogP contribution in [0.25, 0.3) is 16.9 Å². The van der Waals surface area contributed by atoms with Gasteiger partial charge < -0.3 is 5.11 Å². The van der Waals surface area contributed by atoms with Crippen molar-refractivity contribution in [3.05, 3.63) is 49.1 Å². The van der Waals surface area contributed by atoms with Gasteiger partial charge in [-0.1, -0.05) is 0 Å². The summed E-state index contributed by atoms with van der Waals surface area (Å²) in [6, 6.07) is 7.26. The molecule has 3 rings (SSSR count). The summed E-state index contributed by atoms with van der Waals surface area (Å²) in [6.07, 6.45) is 6.88. The average molecular weight is 211 g/mol. The lowest BCUT2D eigenvalue weighted by Crippen LogP contribution is -1.89. The minimum Gasteiger partial charge on any atom is -0.506 e. The van der Waals surface area contributed by atoms with E-state index in [2.05, 4.69) is 9.97 Å². The maximum atomic E-state index is 9.46. The SMILES string of the molecule is Oc1ccc2cnc(-c3cccnc3)n2c1. The molecular formula is C12H9N3O. The first-order chi connectivity index (χ1) is 7.84. The Hall–Kier alpha value is -2.36. The molecule has 0 radical (unpaired) electrons. The summed E-state index contributed by atoms with van der Waals surface area (Å²) < 4.78 is 1.84. The van der Waals surface area contributed by atoms with Gasteiger partial charge in [-0.05, 0) is 24.3 Å². The van der Waals surface area contributed by atoms with Gasteiger partial charge in [0, 0.05) is 18.0 Å². The van der Waals surface area contributed by atoms with E-state index < -0.39 is 0 Å². The second-order valence-electron chi connectivity index (χ2n) is 3.51. The molecule has 0 unspecified atom stereocenters. The zero-order chi connectivity index (χ0) is 11.0. The zero-order valence-corrected chi connectivity index (χ0v) is 8.41.